The van der Waals surface area contributed by atoms with Crippen molar-refractivity contribution in [3.05, 3.63) is 18.2 Å². The van der Waals surface area contributed by atoms with Crippen LogP contribution in [0.25, 0.3) is 0 Å². The zero-order chi connectivity index (χ0) is 5.98. The monoisotopic (exact) mass is 136 g/mol. The molecule has 9 heavy (non-hydrogen) atoms. The van der Waals surface area contributed by atoms with E-state index >= 15 is 0 Å². The van der Waals surface area contributed by atoms with Crippen molar-refractivity contribution in [3.63, 3.8) is 0 Å². The summed E-state index contributed by atoms with van der Waals surface area (Å²) in [4.78, 5) is 15.9. The number of carboxylic acid groups (broad SMARTS) is 1. The van der Waals surface area contributed by atoms with Gasteiger partial charge in [0, 0.05) is 0 Å². The number of hydrogen-bond donors (Lipinski definition) is 2. The second kappa shape index (κ2) is 3.66. The van der Waals surface area contributed by atoms with Gasteiger partial charge in [0.15, 0.2) is 0 Å². The molecule has 4 nitrogen and oxygen atoms in total. The quantitative estimate of drug-likeness (QED) is 0.509. The summed E-state index contributed by atoms with van der Waals surface area (Å²) < 4.78 is 0. The molecule has 1 aromatic heterocycles. The SMILES string of the molecule is O=C(O)c1cnc[nH]1.[NaH]. The van der Waals surface area contributed by atoms with E-state index in [-0.39, 0.29) is 35.3 Å². The van der Waals surface area contributed by atoms with Crippen LogP contribution in [-0.2, 0) is 0 Å². The first kappa shape index (κ1) is 8.68. The number of carbonyl (C=O) groups is 1. The molecule has 0 bridgehead atoms. The second-order valence-corrected chi connectivity index (χ2v) is 1.27. The Balaban J connectivity index is 0.000000640. The van der Waals surface area contributed by atoms with E-state index in [1.54, 1.807) is 0 Å². The van der Waals surface area contributed by atoms with Crippen molar-refractivity contribution >= 4 is 35.5 Å². The van der Waals surface area contributed by atoms with Gasteiger partial charge in [-0.1, -0.05) is 0 Å². The average Bonchev–Trinajstić information content (AvgIpc) is 2.12. The van der Waals surface area contributed by atoms with Crippen molar-refractivity contribution in [3.8, 4) is 0 Å². The maximum atomic E-state index is 9.99. The van der Waals surface area contributed by atoms with Gasteiger partial charge in [-0.2, -0.15) is 0 Å². The standard InChI is InChI=1S/C4H4N2O2.Na.H/c7-4(8)3-1-5-2-6-3;;/h1-2H,(H,5,6)(H,7,8);;. The zero-order valence-electron chi connectivity index (χ0n) is 3.96. The first-order valence-corrected chi connectivity index (χ1v) is 2.02. The van der Waals surface area contributed by atoms with E-state index in [2.05, 4.69) is 9.97 Å². The van der Waals surface area contributed by atoms with Crippen LogP contribution >= 0.6 is 0 Å². The van der Waals surface area contributed by atoms with E-state index in [1.165, 1.54) is 12.5 Å². The summed E-state index contributed by atoms with van der Waals surface area (Å²) in [6.45, 7) is 0. The molecule has 0 radical (unpaired) electrons. The average molecular weight is 136 g/mol. The molecule has 0 amide bonds. The molecule has 0 spiro atoms. The summed E-state index contributed by atoms with van der Waals surface area (Å²) in [5.41, 5.74) is 0.116. The molecule has 0 fully saturated rings. The molecule has 0 unspecified atom stereocenters. The van der Waals surface area contributed by atoms with Gasteiger partial charge in [0.05, 0.1) is 12.5 Å². The molecule has 0 aliphatic carbocycles. The Labute approximate surface area is 73.6 Å². The topological polar surface area (TPSA) is 66.0 Å². The van der Waals surface area contributed by atoms with Gasteiger partial charge in [0.2, 0.25) is 0 Å². The predicted molar refractivity (Wildman–Crippen MR) is 32.7 cm³/mol. The van der Waals surface area contributed by atoms with Crippen LogP contribution in [-0.4, -0.2) is 50.6 Å². The van der Waals surface area contributed by atoms with E-state index in [1.807, 2.05) is 0 Å². The molecule has 0 aromatic carbocycles. The Morgan fingerprint density at radius 2 is 2.44 bits per heavy atom. The van der Waals surface area contributed by atoms with E-state index in [0.717, 1.165) is 0 Å². The number of rotatable bonds is 1. The van der Waals surface area contributed by atoms with E-state index in [0.29, 0.717) is 0 Å². The number of H-pyrrole nitrogens is 1. The summed E-state index contributed by atoms with van der Waals surface area (Å²) in [6, 6.07) is 0. The summed E-state index contributed by atoms with van der Waals surface area (Å²) in [5.74, 6) is -0.984. The normalized spacial score (nSPS) is 8.00. The zero-order valence-corrected chi connectivity index (χ0v) is 3.96. The number of imidazole rings is 1. The van der Waals surface area contributed by atoms with Crippen LogP contribution in [0.3, 0.4) is 0 Å². The Hall–Kier alpha value is -0.320. The molecular weight excluding hydrogens is 131 g/mol. The summed E-state index contributed by atoms with van der Waals surface area (Å²) in [6.07, 6.45) is 2.58. The fourth-order valence-corrected chi connectivity index (χ4v) is 0.373. The summed E-state index contributed by atoms with van der Waals surface area (Å²) in [7, 11) is 0. The van der Waals surface area contributed by atoms with Gasteiger partial charge in [-0.15, -0.1) is 0 Å². The molecule has 0 saturated heterocycles. The minimum atomic E-state index is -0.984. The summed E-state index contributed by atoms with van der Waals surface area (Å²) in [5, 5.41) is 8.20. The van der Waals surface area contributed by atoms with Crippen molar-refractivity contribution in [2.24, 2.45) is 0 Å². The first-order chi connectivity index (χ1) is 3.80. The van der Waals surface area contributed by atoms with Crippen molar-refractivity contribution < 1.29 is 9.90 Å². The number of carboxylic acids is 1. The van der Waals surface area contributed by atoms with Crippen molar-refractivity contribution in [1.29, 1.82) is 0 Å². The molecule has 1 aromatic rings. The maximum absolute atomic E-state index is 9.99. The minimum absolute atomic E-state index is 0. The Kier molecular flexibility index (Phi) is 3.53. The van der Waals surface area contributed by atoms with Gasteiger partial charge >= 0.3 is 35.5 Å². The van der Waals surface area contributed by atoms with E-state index in [4.69, 9.17) is 5.11 Å². The molecule has 0 aliphatic rings. The number of nitrogens with zero attached hydrogens (tertiary/aromatic N) is 1. The Morgan fingerprint density at radius 1 is 1.78 bits per heavy atom. The Bertz CT molecular complexity index is 184. The summed E-state index contributed by atoms with van der Waals surface area (Å²) >= 11 is 0. The van der Waals surface area contributed by atoms with Crippen LogP contribution in [0.5, 0.6) is 0 Å². The van der Waals surface area contributed by atoms with Gasteiger partial charge in [-0.05, 0) is 0 Å². The number of nitrogens with one attached hydrogen (secondary N) is 1. The number of aromatic nitrogens is 2. The van der Waals surface area contributed by atoms with Crippen LogP contribution in [0.15, 0.2) is 12.5 Å². The third kappa shape index (κ3) is 2.17. The van der Waals surface area contributed by atoms with Gasteiger partial charge in [-0.3, -0.25) is 0 Å². The molecule has 0 aliphatic heterocycles. The van der Waals surface area contributed by atoms with Gasteiger partial charge in [-0.25, -0.2) is 9.78 Å². The number of hydrogen-bond acceptors (Lipinski definition) is 2. The molecule has 0 saturated carbocycles. The molecule has 0 atom stereocenters. The van der Waals surface area contributed by atoms with E-state index in [9.17, 15) is 4.79 Å². The first-order valence-electron chi connectivity index (χ1n) is 2.02. The fraction of sp³-hybridized carbons (Fsp3) is 0. The van der Waals surface area contributed by atoms with Crippen molar-refractivity contribution in [1.82, 2.24) is 9.97 Å². The molecule has 1 rings (SSSR count). The van der Waals surface area contributed by atoms with Crippen LogP contribution < -0.4 is 0 Å². The number of aromatic amines is 1. The third-order valence-electron chi connectivity index (χ3n) is 0.729. The number of aromatic carboxylic acids is 1. The Morgan fingerprint density at radius 3 is 2.67 bits per heavy atom. The fourth-order valence-electron chi connectivity index (χ4n) is 0.373. The van der Waals surface area contributed by atoms with E-state index < -0.39 is 5.97 Å². The van der Waals surface area contributed by atoms with Crippen molar-refractivity contribution in [2.45, 2.75) is 0 Å². The van der Waals surface area contributed by atoms with Crippen LogP contribution in [0.4, 0.5) is 0 Å². The van der Waals surface area contributed by atoms with Gasteiger partial charge < -0.3 is 10.1 Å². The van der Waals surface area contributed by atoms with Gasteiger partial charge in [0.1, 0.15) is 5.69 Å². The van der Waals surface area contributed by atoms with Crippen LogP contribution in [0, 0.1) is 0 Å². The molecule has 5 heteroatoms. The molecular formula is C4H5N2NaO2. The third-order valence-corrected chi connectivity index (χ3v) is 0.729. The molecule has 2 N–H and O–H groups in total. The van der Waals surface area contributed by atoms with Gasteiger partial charge in [0.25, 0.3) is 0 Å². The predicted octanol–water partition coefficient (Wildman–Crippen LogP) is -0.541. The van der Waals surface area contributed by atoms with Crippen LogP contribution in [0.2, 0.25) is 0 Å². The molecule has 1 heterocycles. The van der Waals surface area contributed by atoms with Crippen molar-refractivity contribution in [2.75, 3.05) is 0 Å². The second-order valence-electron chi connectivity index (χ2n) is 1.27. The molecule has 44 valence electrons. The van der Waals surface area contributed by atoms with Crippen LogP contribution in [0.1, 0.15) is 10.5 Å².